The van der Waals surface area contributed by atoms with Crippen molar-refractivity contribution in [2.75, 3.05) is 21.3 Å². The fraction of sp³-hybridized carbons (Fsp3) is 0.211. The van der Waals surface area contributed by atoms with Gasteiger partial charge in [-0.3, -0.25) is 0 Å². The minimum atomic E-state index is 0.626. The molecule has 0 saturated carbocycles. The molecule has 5 nitrogen and oxygen atoms in total. The number of hydrogen-bond donors (Lipinski definition) is 0. The molecule has 124 valence electrons. The van der Waals surface area contributed by atoms with Crippen LogP contribution in [0, 0.1) is 0 Å². The molecule has 0 radical (unpaired) electrons. The highest BCUT2D eigenvalue weighted by Gasteiger charge is 2.20. The molecule has 5 heteroatoms. The lowest BCUT2D eigenvalue weighted by Gasteiger charge is -2.15. The summed E-state index contributed by atoms with van der Waals surface area (Å²) < 4.78 is 18.4. The smallest absolute Gasteiger partial charge is 0.164 e. The zero-order valence-electron chi connectivity index (χ0n) is 14.2. The summed E-state index contributed by atoms with van der Waals surface area (Å²) in [6, 6.07) is 13.8. The van der Waals surface area contributed by atoms with Gasteiger partial charge in [-0.05, 0) is 6.07 Å². The second-order valence-electron chi connectivity index (χ2n) is 5.33. The maximum absolute atomic E-state index is 5.58. The zero-order chi connectivity index (χ0) is 17.1. The number of methoxy groups -OCH3 is 3. The van der Waals surface area contributed by atoms with Crippen LogP contribution >= 0.6 is 0 Å². The average molecular weight is 324 g/mol. The van der Waals surface area contributed by atoms with Gasteiger partial charge in [-0.15, -0.1) is 0 Å². The summed E-state index contributed by atoms with van der Waals surface area (Å²) in [6.07, 6.45) is 1.80. The minimum absolute atomic E-state index is 0.626. The van der Waals surface area contributed by atoms with E-state index in [1.165, 1.54) is 0 Å². The van der Waals surface area contributed by atoms with E-state index in [1.807, 2.05) is 54.1 Å². The Labute approximate surface area is 141 Å². The normalized spacial score (nSPS) is 10.5. The van der Waals surface area contributed by atoms with E-state index >= 15 is 0 Å². The number of aryl methyl sites for hydroxylation is 1. The monoisotopic (exact) mass is 324 g/mol. The van der Waals surface area contributed by atoms with E-state index in [9.17, 15) is 0 Å². The fourth-order valence-electron chi connectivity index (χ4n) is 2.77. The summed E-state index contributed by atoms with van der Waals surface area (Å²) in [5, 5.41) is 0. The van der Waals surface area contributed by atoms with Gasteiger partial charge in [0.1, 0.15) is 5.75 Å². The lowest BCUT2D eigenvalue weighted by atomic mass is 10.0. The first-order valence-electron chi connectivity index (χ1n) is 7.56. The Morgan fingerprint density at radius 3 is 2.08 bits per heavy atom. The van der Waals surface area contributed by atoms with Crippen LogP contribution in [0.2, 0.25) is 0 Å². The molecular weight excluding hydrogens is 304 g/mol. The van der Waals surface area contributed by atoms with Gasteiger partial charge in [-0.1, -0.05) is 30.3 Å². The highest BCUT2D eigenvalue weighted by molar-refractivity contribution is 5.83. The summed E-state index contributed by atoms with van der Waals surface area (Å²) >= 11 is 0. The average Bonchev–Trinajstić information content (AvgIpc) is 3.02. The van der Waals surface area contributed by atoms with Gasteiger partial charge < -0.3 is 18.8 Å². The predicted octanol–water partition coefficient (Wildman–Crippen LogP) is 3.78. The Hall–Kier alpha value is -2.95. The topological polar surface area (TPSA) is 45.5 Å². The fourth-order valence-corrected chi connectivity index (χ4v) is 2.77. The molecule has 0 amide bonds. The number of nitrogens with zero attached hydrogens (tertiary/aromatic N) is 2. The molecule has 3 rings (SSSR count). The molecule has 3 aromatic rings. The molecule has 0 spiro atoms. The molecule has 2 aromatic carbocycles. The molecule has 0 atom stereocenters. The molecule has 0 aliphatic heterocycles. The first-order valence-corrected chi connectivity index (χ1v) is 7.56. The van der Waals surface area contributed by atoms with Crippen molar-refractivity contribution < 1.29 is 14.2 Å². The predicted molar refractivity (Wildman–Crippen MR) is 93.7 cm³/mol. The maximum Gasteiger partial charge on any atom is 0.164 e. The van der Waals surface area contributed by atoms with E-state index in [-0.39, 0.29) is 0 Å². The molecule has 0 aliphatic carbocycles. The molecule has 0 fully saturated rings. The molecule has 1 aromatic heterocycles. The number of aromatic nitrogens is 2. The first-order chi connectivity index (χ1) is 11.7. The van der Waals surface area contributed by atoms with E-state index in [0.29, 0.717) is 17.2 Å². The van der Waals surface area contributed by atoms with Crippen LogP contribution in [0.25, 0.3) is 22.5 Å². The number of ether oxygens (including phenoxy) is 3. The molecular formula is C19H20N2O3. The highest BCUT2D eigenvalue weighted by atomic mass is 16.5. The van der Waals surface area contributed by atoms with Gasteiger partial charge in [0.05, 0.1) is 39.0 Å². The molecule has 1 heterocycles. The van der Waals surface area contributed by atoms with Crippen molar-refractivity contribution >= 4 is 0 Å². The summed E-state index contributed by atoms with van der Waals surface area (Å²) in [7, 11) is 6.83. The molecule has 0 N–H and O–H groups in total. The Kier molecular flexibility index (Phi) is 4.42. The van der Waals surface area contributed by atoms with Gasteiger partial charge in [0.25, 0.3) is 0 Å². The molecule has 0 aliphatic rings. The summed E-state index contributed by atoms with van der Waals surface area (Å²) in [5.41, 5.74) is 3.79. The molecule has 24 heavy (non-hydrogen) atoms. The molecule has 0 unspecified atom stereocenters. The third kappa shape index (κ3) is 2.69. The van der Waals surface area contributed by atoms with Crippen molar-refractivity contribution in [1.29, 1.82) is 0 Å². The Morgan fingerprint density at radius 2 is 1.46 bits per heavy atom. The van der Waals surface area contributed by atoms with Gasteiger partial charge >= 0.3 is 0 Å². The zero-order valence-corrected chi connectivity index (χ0v) is 14.2. The number of rotatable bonds is 5. The standard InChI is InChI=1S/C19H20N2O3/c1-21-12-20-18(13-8-6-5-7-9-13)19(21)14-10-16(23-3)17(24-4)11-15(14)22-2/h5-12H,1-4H3. The third-order valence-electron chi connectivity index (χ3n) is 3.95. The van der Waals surface area contributed by atoms with Gasteiger partial charge in [0, 0.05) is 24.2 Å². The minimum Gasteiger partial charge on any atom is -0.496 e. The van der Waals surface area contributed by atoms with E-state index in [4.69, 9.17) is 14.2 Å². The number of imidazole rings is 1. The maximum atomic E-state index is 5.58. The van der Waals surface area contributed by atoms with Crippen LogP contribution < -0.4 is 14.2 Å². The van der Waals surface area contributed by atoms with Gasteiger partial charge in [-0.2, -0.15) is 0 Å². The van der Waals surface area contributed by atoms with Crippen LogP contribution in [0.15, 0.2) is 48.8 Å². The summed E-state index contributed by atoms with van der Waals surface area (Å²) in [6.45, 7) is 0. The lowest BCUT2D eigenvalue weighted by Crippen LogP contribution is -1.98. The lowest BCUT2D eigenvalue weighted by molar-refractivity contribution is 0.349. The van der Waals surface area contributed by atoms with Crippen LogP contribution in [-0.2, 0) is 7.05 Å². The van der Waals surface area contributed by atoms with Crippen molar-refractivity contribution in [3.05, 3.63) is 48.8 Å². The van der Waals surface area contributed by atoms with Crippen molar-refractivity contribution in [1.82, 2.24) is 9.55 Å². The van der Waals surface area contributed by atoms with Crippen LogP contribution in [0.5, 0.6) is 17.2 Å². The largest absolute Gasteiger partial charge is 0.496 e. The van der Waals surface area contributed by atoms with E-state index < -0.39 is 0 Å². The van der Waals surface area contributed by atoms with Crippen LogP contribution in [-0.4, -0.2) is 30.9 Å². The van der Waals surface area contributed by atoms with Crippen LogP contribution in [0.1, 0.15) is 0 Å². The summed E-state index contributed by atoms with van der Waals surface area (Å²) in [4.78, 5) is 4.57. The van der Waals surface area contributed by atoms with Gasteiger partial charge in [0.2, 0.25) is 0 Å². The van der Waals surface area contributed by atoms with Crippen molar-refractivity contribution in [2.24, 2.45) is 7.05 Å². The van der Waals surface area contributed by atoms with Crippen molar-refractivity contribution in [3.8, 4) is 39.8 Å². The van der Waals surface area contributed by atoms with E-state index in [2.05, 4.69) is 4.98 Å². The number of benzene rings is 2. The molecule has 0 bridgehead atoms. The van der Waals surface area contributed by atoms with Gasteiger partial charge in [-0.25, -0.2) is 4.98 Å². The third-order valence-corrected chi connectivity index (χ3v) is 3.95. The van der Waals surface area contributed by atoms with Crippen LogP contribution in [0.3, 0.4) is 0 Å². The Morgan fingerprint density at radius 1 is 0.833 bits per heavy atom. The van der Waals surface area contributed by atoms with E-state index in [1.54, 1.807) is 27.7 Å². The van der Waals surface area contributed by atoms with Crippen LogP contribution in [0.4, 0.5) is 0 Å². The van der Waals surface area contributed by atoms with Crippen molar-refractivity contribution in [3.63, 3.8) is 0 Å². The number of hydrogen-bond acceptors (Lipinski definition) is 4. The Bertz CT molecular complexity index is 841. The second-order valence-corrected chi connectivity index (χ2v) is 5.33. The summed E-state index contributed by atoms with van der Waals surface area (Å²) in [5.74, 6) is 1.98. The second kappa shape index (κ2) is 6.66. The quantitative estimate of drug-likeness (QED) is 0.716. The molecule has 0 saturated heterocycles. The highest BCUT2D eigenvalue weighted by Crippen LogP contribution is 2.42. The Balaban J connectivity index is 2.25. The first kappa shape index (κ1) is 15.9. The SMILES string of the molecule is COc1cc(OC)c(-c2c(-c3ccccc3)ncn2C)cc1OC. The van der Waals surface area contributed by atoms with Gasteiger partial charge in [0.15, 0.2) is 11.5 Å². The van der Waals surface area contributed by atoms with Crippen molar-refractivity contribution in [2.45, 2.75) is 0 Å². The van der Waals surface area contributed by atoms with E-state index in [0.717, 1.165) is 22.5 Å².